The Bertz CT molecular complexity index is 430. The second kappa shape index (κ2) is 5.84. The van der Waals surface area contributed by atoms with E-state index < -0.39 is 0 Å². The molecule has 110 valence electrons. The fourth-order valence-electron chi connectivity index (χ4n) is 3.61. The molecule has 2 heterocycles. The monoisotopic (exact) mass is 274 g/mol. The first-order valence-electron chi connectivity index (χ1n) is 7.87. The largest absolute Gasteiger partial charge is 0.380 e. The fourth-order valence-corrected chi connectivity index (χ4v) is 3.61. The standard InChI is InChI=1S/C17H26N2O/c1-3-15-11-19(16-9-10-20-12-16)17(2,13-18-15)14-7-5-4-6-8-14/h4-8,15-16,18H,3,9-13H2,1-2H3. The van der Waals surface area contributed by atoms with E-state index in [-0.39, 0.29) is 5.54 Å². The van der Waals surface area contributed by atoms with Crippen LogP contribution in [0.4, 0.5) is 0 Å². The van der Waals surface area contributed by atoms with Crippen molar-refractivity contribution in [3.63, 3.8) is 0 Å². The topological polar surface area (TPSA) is 24.5 Å². The first-order chi connectivity index (χ1) is 9.74. The molecule has 1 N–H and O–H groups in total. The average Bonchev–Trinajstić information content (AvgIpc) is 3.03. The Morgan fingerprint density at radius 3 is 2.80 bits per heavy atom. The van der Waals surface area contributed by atoms with Gasteiger partial charge in [0, 0.05) is 31.8 Å². The number of ether oxygens (including phenoxy) is 1. The number of piperazine rings is 1. The van der Waals surface area contributed by atoms with Crippen molar-refractivity contribution in [3.8, 4) is 0 Å². The summed E-state index contributed by atoms with van der Waals surface area (Å²) in [6.07, 6.45) is 2.35. The predicted molar refractivity (Wildman–Crippen MR) is 81.8 cm³/mol. The molecule has 0 radical (unpaired) electrons. The van der Waals surface area contributed by atoms with Gasteiger partial charge in [0.25, 0.3) is 0 Å². The van der Waals surface area contributed by atoms with E-state index in [1.54, 1.807) is 0 Å². The Morgan fingerprint density at radius 1 is 1.35 bits per heavy atom. The number of rotatable bonds is 3. The lowest BCUT2D eigenvalue weighted by molar-refractivity contribution is 0.00501. The molecule has 0 amide bonds. The van der Waals surface area contributed by atoms with Crippen molar-refractivity contribution < 1.29 is 4.74 Å². The van der Waals surface area contributed by atoms with E-state index in [9.17, 15) is 0 Å². The SMILES string of the molecule is CCC1CN(C2CCOC2)C(C)(c2ccccc2)CN1. The number of hydrogen-bond acceptors (Lipinski definition) is 3. The molecule has 3 atom stereocenters. The molecule has 3 nitrogen and oxygen atoms in total. The highest BCUT2D eigenvalue weighted by Gasteiger charge is 2.43. The van der Waals surface area contributed by atoms with Crippen LogP contribution in [0.15, 0.2) is 30.3 Å². The van der Waals surface area contributed by atoms with E-state index in [0.717, 1.165) is 26.3 Å². The highest BCUT2D eigenvalue weighted by Crippen LogP contribution is 2.34. The molecule has 2 aliphatic rings. The van der Waals surface area contributed by atoms with Gasteiger partial charge in [-0.1, -0.05) is 37.3 Å². The van der Waals surface area contributed by atoms with Crippen molar-refractivity contribution in [1.29, 1.82) is 0 Å². The molecule has 1 aromatic rings. The van der Waals surface area contributed by atoms with Crippen molar-refractivity contribution >= 4 is 0 Å². The third-order valence-electron chi connectivity index (χ3n) is 5.02. The normalized spacial score (nSPS) is 35.3. The molecule has 0 aromatic heterocycles. The lowest BCUT2D eigenvalue weighted by Gasteiger charge is -2.51. The Morgan fingerprint density at radius 2 is 2.15 bits per heavy atom. The maximum absolute atomic E-state index is 5.65. The van der Waals surface area contributed by atoms with Crippen LogP contribution < -0.4 is 5.32 Å². The maximum Gasteiger partial charge on any atom is 0.0623 e. The highest BCUT2D eigenvalue weighted by atomic mass is 16.5. The van der Waals surface area contributed by atoms with Gasteiger partial charge in [-0.05, 0) is 25.3 Å². The summed E-state index contributed by atoms with van der Waals surface area (Å²) in [6, 6.07) is 12.1. The van der Waals surface area contributed by atoms with E-state index in [0.29, 0.717) is 12.1 Å². The third kappa shape index (κ3) is 2.50. The minimum atomic E-state index is 0.0747. The van der Waals surface area contributed by atoms with Gasteiger partial charge in [-0.2, -0.15) is 0 Å². The van der Waals surface area contributed by atoms with Crippen molar-refractivity contribution in [3.05, 3.63) is 35.9 Å². The smallest absolute Gasteiger partial charge is 0.0623 e. The lowest BCUT2D eigenvalue weighted by Crippen LogP contribution is -2.64. The summed E-state index contributed by atoms with van der Waals surface area (Å²) in [7, 11) is 0. The van der Waals surface area contributed by atoms with Gasteiger partial charge >= 0.3 is 0 Å². The zero-order valence-electron chi connectivity index (χ0n) is 12.6. The van der Waals surface area contributed by atoms with E-state index >= 15 is 0 Å². The van der Waals surface area contributed by atoms with Crippen molar-refractivity contribution in [2.75, 3.05) is 26.3 Å². The van der Waals surface area contributed by atoms with Crippen LogP contribution in [0.1, 0.15) is 32.3 Å². The van der Waals surface area contributed by atoms with Crippen molar-refractivity contribution in [2.24, 2.45) is 0 Å². The zero-order valence-corrected chi connectivity index (χ0v) is 12.6. The van der Waals surface area contributed by atoms with Gasteiger partial charge in [-0.25, -0.2) is 0 Å². The summed E-state index contributed by atoms with van der Waals surface area (Å²) >= 11 is 0. The summed E-state index contributed by atoms with van der Waals surface area (Å²) < 4.78 is 5.65. The molecule has 0 bridgehead atoms. The van der Waals surface area contributed by atoms with Crippen LogP contribution >= 0.6 is 0 Å². The van der Waals surface area contributed by atoms with Crippen LogP contribution in [-0.2, 0) is 10.3 Å². The number of hydrogen-bond donors (Lipinski definition) is 1. The van der Waals surface area contributed by atoms with Gasteiger partial charge < -0.3 is 10.1 Å². The third-order valence-corrected chi connectivity index (χ3v) is 5.02. The van der Waals surface area contributed by atoms with Gasteiger partial charge in [0.05, 0.1) is 12.1 Å². The minimum Gasteiger partial charge on any atom is -0.380 e. The molecule has 2 fully saturated rings. The quantitative estimate of drug-likeness (QED) is 0.916. The van der Waals surface area contributed by atoms with Crippen LogP contribution in [0.2, 0.25) is 0 Å². The van der Waals surface area contributed by atoms with Crippen LogP contribution in [0, 0.1) is 0 Å². The van der Waals surface area contributed by atoms with E-state index in [4.69, 9.17) is 4.74 Å². The van der Waals surface area contributed by atoms with Crippen molar-refractivity contribution in [1.82, 2.24) is 10.2 Å². The number of benzene rings is 1. The first-order valence-corrected chi connectivity index (χ1v) is 7.87. The summed E-state index contributed by atoms with van der Waals surface area (Å²) in [5.74, 6) is 0. The molecule has 1 aromatic carbocycles. The van der Waals surface area contributed by atoms with Gasteiger partial charge in [0.1, 0.15) is 0 Å². The van der Waals surface area contributed by atoms with Crippen LogP contribution in [0.25, 0.3) is 0 Å². The van der Waals surface area contributed by atoms with E-state index in [1.165, 1.54) is 18.4 Å². The Labute approximate surface area is 122 Å². The number of nitrogens with one attached hydrogen (secondary N) is 1. The van der Waals surface area contributed by atoms with Crippen LogP contribution in [0.3, 0.4) is 0 Å². The molecule has 0 spiro atoms. The van der Waals surface area contributed by atoms with Crippen molar-refractivity contribution in [2.45, 2.75) is 44.3 Å². The molecule has 2 saturated heterocycles. The van der Waals surface area contributed by atoms with Crippen LogP contribution in [-0.4, -0.2) is 43.3 Å². The Kier molecular flexibility index (Phi) is 4.11. The maximum atomic E-state index is 5.65. The second-order valence-corrected chi connectivity index (χ2v) is 6.30. The molecule has 0 aliphatic carbocycles. The van der Waals surface area contributed by atoms with Gasteiger partial charge in [0.2, 0.25) is 0 Å². The summed E-state index contributed by atoms with van der Waals surface area (Å²) in [5, 5.41) is 3.73. The molecular weight excluding hydrogens is 248 g/mol. The molecule has 3 rings (SSSR count). The number of nitrogens with zero attached hydrogens (tertiary/aromatic N) is 1. The molecule has 3 heteroatoms. The predicted octanol–water partition coefficient (Wildman–Crippen LogP) is 2.37. The lowest BCUT2D eigenvalue weighted by atomic mass is 9.85. The first kappa shape index (κ1) is 14.1. The van der Waals surface area contributed by atoms with Gasteiger partial charge in [0.15, 0.2) is 0 Å². The van der Waals surface area contributed by atoms with Gasteiger partial charge in [-0.3, -0.25) is 4.90 Å². The average molecular weight is 274 g/mol. The molecular formula is C17H26N2O. The van der Waals surface area contributed by atoms with Gasteiger partial charge in [-0.15, -0.1) is 0 Å². The molecule has 0 saturated carbocycles. The summed E-state index contributed by atoms with van der Waals surface area (Å²) in [5.41, 5.74) is 1.49. The van der Waals surface area contributed by atoms with Crippen LogP contribution in [0.5, 0.6) is 0 Å². The molecule has 2 aliphatic heterocycles. The fraction of sp³-hybridized carbons (Fsp3) is 0.647. The zero-order chi connectivity index (χ0) is 14.0. The Hall–Kier alpha value is -0.900. The Balaban J connectivity index is 1.90. The second-order valence-electron chi connectivity index (χ2n) is 6.30. The summed E-state index contributed by atoms with van der Waals surface area (Å²) in [4.78, 5) is 2.69. The molecule has 3 unspecified atom stereocenters. The molecule has 20 heavy (non-hydrogen) atoms. The summed E-state index contributed by atoms with van der Waals surface area (Å²) in [6.45, 7) is 8.59. The highest BCUT2D eigenvalue weighted by molar-refractivity contribution is 5.26. The minimum absolute atomic E-state index is 0.0747. The van der Waals surface area contributed by atoms with E-state index in [1.807, 2.05) is 0 Å². The van der Waals surface area contributed by atoms with E-state index in [2.05, 4.69) is 54.4 Å².